The average Bonchev–Trinajstić information content (AvgIpc) is 2.75. The topological polar surface area (TPSA) is 38.7 Å². The molecule has 2 aromatic carbocycles. The molecule has 1 saturated carbocycles. The van der Waals surface area contributed by atoms with E-state index < -0.39 is 6.04 Å². The van der Waals surface area contributed by atoms with Gasteiger partial charge in [-0.1, -0.05) is 71.8 Å². The number of methoxy groups -OCH3 is 1. The Labute approximate surface area is 168 Å². The van der Waals surface area contributed by atoms with Gasteiger partial charge in [0.25, 0.3) is 0 Å². The van der Waals surface area contributed by atoms with Crippen LogP contribution in [0.5, 0.6) is 0 Å². The molecular weight excluding hydrogens is 346 g/mol. The van der Waals surface area contributed by atoms with Gasteiger partial charge in [-0.15, -0.1) is 0 Å². The number of esters is 1. The molecule has 0 heterocycles. The van der Waals surface area contributed by atoms with E-state index in [2.05, 4.69) is 13.8 Å². The van der Waals surface area contributed by atoms with Crippen LogP contribution in [-0.2, 0) is 9.53 Å². The molecule has 0 radical (unpaired) electrons. The lowest BCUT2D eigenvalue weighted by Gasteiger charge is -2.29. The summed E-state index contributed by atoms with van der Waals surface area (Å²) in [5, 5.41) is 0. The number of hydrogen-bond acceptors (Lipinski definition) is 3. The van der Waals surface area contributed by atoms with Crippen LogP contribution in [0.3, 0.4) is 0 Å². The summed E-state index contributed by atoms with van der Waals surface area (Å²) in [7, 11) is 1.46. The highest BCUT2D eigenvalue weighted by Crippen LogP contribution is 2.34. The van der Waals surface area contributed by atoms with Gasteiger partial charge in [0.1, 0.15) is 0 Å². The van der Waals surface area contributed by atoms with E-state index in [0.717, 1.165) is 42.5 Å². The molecule has 0 bridgehead atoms. The number of carbonyl (C=O) groups excluding carboxylic acids is 1. The van der Waals surface area contributed by atoms with Gasteiger partial charge >= 0.3 is 5.97 Å². The minimum Gasteiger partial charge on any atom is -0.467 e. The van der Waals surface area contributed by atoms with Crippen LogP contribution in [0, 0.1) is 5.92 Å². The van der Waals surface area contributed by atoms with Crippen LogP contribution >= 0.6 is 0 Å². The highest BCUT2D eigenvalue weighted by Gasteiger charge is 2.32. The molecule has 0 N–H and O–H groups in total. The number of carbonyl (C=O) groups is 1. The number of ether oxygens (including phenoxy) is 1. The predicted octanol–water partition coefficient (Wildman–Crippen LogP) is 5.59. The molecule has 1 unspecified atom stereocenters. The van der Waals surface area contributed by atoms with Crippen LogP contribution in [-0.4, -0.2) is 24.8 Å². The maximum atomic E-state index is 12.7. The Morgan fingerprint density at radius 3 is 1.86 bits per heavy atom. The number of allylic oxidation sites excluding steroid dienone is 2. The maximum absolute atomic E-state index is 12.7. The molecule has 1 aliphatic carbocycles. The highest BCUT2D eigenvalue weighted by atomic mass is 16.5. The van der Waals surface area contributed by atoms with Gasteiger partial charge in [-0.25, -0.2) is 4.79 Å². The fraction of sp³-hybridized carbons (Fsp3) is 0.360. The molecule has 3 nitrogen and oxygen atoms in total. The van der Waals surface area contributed by atoms with Gasteiger partial charge in [0.2, 0.25) is 0 Å². The lowest BCUT2D eigenvalue weighted by atomic mass is 9.80. The lowest BCUT2D eigenvalue weighted by molar-refractivity contribution is -0.143. The van der Waals surface area contributed by atoms with Gasteiger partial charge in [-0.3, -0.25) is 4.99 Å². The average molecular weight is 376 g/mol. The van der Waals surface area contributed by atoms with E-state index in [1.165, 1.54) is 18.3 Å². The molecule has 3 heteroatoms. The van der Waals surface area contributed by atoms with Crippen molar-refractivity contribution in [3.63, 3.8) is 0 Å². The summed E-state index contributed by atoms with van der Waals surface area (Å²) in [4.78, 5) is 17.7. The second-order valence-corrected chi connectivity index (χ2v) is 7.62. The van der Waals surface area contributed by atoms with Crippen LogP contribution in [0.4, 0.5) is 0 Å². The summed E-state index contributed by atoms with van der Waals surface area (Å²) >= 11 is 0. The van der Waals surface area contributed by atoms with Crippen LogP contribution in [0.25, 0.3) is 0 Å². The monoisotopic (exact) mass is 375 g/mol. The molecule has 0 amide bonds. The third kappa shape index (κ3) is 4.78. The van der Waals surface area contributed by atoms with E-state index in [1.54, 1.807) is 0 Å². The third-order valence-electron chi connectivity index (χ3n) is 5.59. The molecule has 1 fully saturated rings. The molecule has 146 valence electrons. The molecule has 1 aliphatic rings. The van der Waals surface area contributed by atoms with Crippen LogP contribution in [0.15, 0.2) is 76.8 Å². The lowest BCUT2D eigenvalue weighted by Crippen LogP contribution is -2.32. The van der Waals surface area contributed by atoms with E-state index in [9.17, 15) is 4.79 Å². The Morgan fingerprint density at radius 2 is 1.43 bits per heavy atom. The number of rotatable bonds is 5. The van der Waals surface area contributed by atoms with E-state index in [4.69, 9.17) is 9.73 Å². The zero-order valence-electron chi connectivity index (χ0n) is 17.0. The number of aliphatic imine (C=N–C) groups is 1. The Kier molecular flexibility index (Phi) is 6.80. The van der Waals surface area contributed by atoms with Crippen LogP contribution in [0.2, 0.25) is 0 Å². The van der Waals surface area contributed by atoms with Crippen LogP contribution in [0.1, 0.15) is 50.7 Å². The second-order valence-electron chi connectivity index (χ2n) is 7.62. The van der Waals surface area contributed by atoms with Gasteiger partial charge in [-0.2, -0.15) is 0 Å². The zero-order chi connectivity index (χ0) is 19.9. The molecule has 28 heavy (non-hydrogen) atoms. The molecule has 3 rings (SSSR count). The first-order valence-corrected chi connectivity index (χ1v) is 10.0. The normalized spacial score (nSPS) is 17.5. The third-order valence-corrected chi connectivity index (χ3v) is 5.59. The van der Waals surface area contributed by atoms with Crippen molar-refractivity contribution in [3.8, 4) is 0 Å². The van der Waals surface area contributed by atoms with Crippen molar-refractivity contribution >= 4 is 11.7 Å². The molecule has 0 aromatic heterocycles. The summed E-state index contributed by atoms with van der Waals surface area (Å²) in [6.07, 6.45) is 4.03. The SMILES string of the molecule is COC(=O)C(N=C(c1ccccc1)c1ccccc1)C1CCC(=C(C)C)CC1. The van der Waals surface area contributed by atoms with Crippen molar-refractivity contribution in [2.75, 3.05) is 7.11 Å². The van der Waals surface area contributed by atoms with Gasteiger partial charge < -0.3 is 4.74 Å². The standard InChI is InChI=1S/C25H29NO2/c1-18(2)19-14-16-22(17-15-19)24(25(27)28-3)26-23(20-10-6-4-7-11-20)21-12-8-5-9-13-21/h4-13,22,24H,14-17H2,1-3H3. The first-order chi connectivity index (χ1) is 13.6. The Hall–Kier alpha value is -2.68. The summed E-state index contributed by atoms with van der Waals surface area (Å²) in [5.74, 6) is -0.0343. The molecular formula is C25H29NO2. The number of benzene rings is 2. The fourth-order valence-electron chi connectivity index (χ4n) is 3.92. The first-order valence-electron chi connectivity index (χ1n) is 10.0. The summed E-state index contributed by atoms with van der Waals surface area (Å²) < 4.78 is 5.15. The molecule has 0 saturated heterocycles. The fourth-order valence-corrected chi connectivity index (χ4v) is 3.92. The molecule has 2 aromatic rings. The van der Waals surface area contributed by atoms with E-state index >= 15 is 0 Å². The smallest absolute Gasteiger partial charge is 0.330 e. The maximum Gasteiger partial charge on any atom is 0.330 e. The molecule has 0 aliphatic heterocycles. The number of hydrogen-bond donors (Lipinski definition) is 0. The Bertz CT molecular complexity index is 797. The largest absolute Gasteiger partial charge is 0.467 e. The molecule has 0 spiro atoms. The summed E-state index contributed by atoms with van der Waals surface area (Å²) in [5.41, 5.74) is 5.82. The zero-order valence-corrected chi connectivity index (χ0v) is 17.0. The van der Waals surface area contributed by atoms with Crippen molar-refractivity contribution in [2.45, 2.75) is 45.6 Å². The quantitative estimate of drug-likeness (QED) is 0.388. The Morgan fingerprint density at radius 1 is 0.929 bits per heavy atom. The minimum atomic E-state index is -0.473. The van der Waals surface area contributed by atoms with Gasteiger partial charge in [0.05, 0.1) is 12.8 Å². The van der Waals surface area contributed by atoms with Gasteiger partial charge in [-0.05, 0) is 45.4 Å². The van der Waals surface area contributed by atoms with Crippen molar-refractivity contribution < 1.29 is 9.53 Å². The van der Waals surface area contributed by atoms with E-state index in [0.29, 0.717) is 0 Å². The van der Waals surface area contributed by atoms with Crippen molar-refractivity contribution in [2.24, 2.45) is 10.9 Å². The summed E-state index contributed by atoms with van der Waals surface area (Å²) in [6.45, 7) is 4.35. The Balaban J connectivity index is 1.99. The predicted molar refractivity (Wildman–Crippen MR) is 115 cm³/mol. The van der Waals surface area contributed by atoms with Crippen LogP contribution < -0.4 is 0 Å². The van der Waals surface area contributed by atoms with E-state index in [1.807, 2.05) is 60.7 Å². The highest BCUT2D eigenvalue weighted by molar-refractivity contribution is 6.13. The number of nitrogens with zero attached hydrogens (tertiary/aromatic N) is 1. The van der Waals surface area contributed by atoms with Crippen molar-refractivity contribution in [3.05, 3.63) is 82.9 Å². The van der Waals surface area contributed by atoms with Gasteiger partial charge in [0.15, 0.2) is 6.04 Å². The van der Waals surface area contributed by atoms with Gasteiger partial charge in [0, 0.05) is 11.1 Å². The summed E-state index contributed by atoms with van der Waals surface area (Å²) in [6, 6.07) is 19.7. The molecule has 1 atom stereocenters. The van der Waals surface area contributed by atoms with Crippen molar-refractivity contribution in [1.82, 2.24) is 0 Å². The second kappa shape index (κ2) is 9.50. The minimum absolute atomic E-state index is 0.206. The van der Waals surface area contributed by atoms with Crippen molar-refractivity contribution in [1.29, 1.82) is 0 Å². The van der Waals surface area contributed by atoms with E-state index in [-0.39, 0.29) is 11.9 Å². The first kappa shape index (κ1) is 20.1.